The lowest BCUT2D eigenvalue weighted by Gasteiger charge is -2.23. The predicted octanol–water partition coefficient (Wildman–Crippen LogP) is 2.70. The van der Waals surface area contributed by atoms with Gasteiger partial charge in [0.2, 0.25) is 11.9 Å². The van der Waals surface area contributed by atoms with E-state index in [2.05, 4.69) is 15.6 Å². The Morgan fingerprint density at radius 1 is 1.00 bits per heavy atom. The Kier molecular flexibility index (Phi) is 5.20. The van der Waals surface area contributed by atoms with Crippen molar-refractivity contribution in [2.45, 2.75) is 38.9 Å². The van der Waals surface area contributed by atoms with Gasteiger partial charge in [-0.05, 0) is 31.5 Å². The summed E-state index contributed by atoms with van der Waals surface area (Å²) >= 11 is 0. The SMILES string of the molecule is CC(C)NC(=O)[C@H](Cc1ccccc1)NC(=O)N1CCn2c1nc1ccccc12. The standard InChI is InChI=1S/C22H25N5O2/c1-15(2)23-20(28)18(14-16-8-4-3-5-9-16)25-22(29)27-13-12-26-19-11-7-6-10-17(19)24-21(26)27/h3-11,15,18H,12-14H2,1-2H3,(H,23,28)(H,25,29)/t18-/m0/s1. The number of amides is 3. The van der Waals surface area contributed by atoms with Gasteiger partial charge in [-0.25, -0.2) is 9.78 Å². The highest BCUT2D eigenvalue weighted by Crippen LogP contribution is 2.27. The lowest BCUT2D eigenvalue weighted by molar-refractivity contribution is -0.123. The second kappa shape index (κ2) is 7.95. The summed E-state index contributed by atoms with van der Waals surface area (Å²) in [6.07, 6.45) is 0.426. The van der Waals surface area contributed by atoms with E-state index in [1.165, 1.54) is 0 Å². The third kappa shape index (κ3) is 3.94. The highest BCUT2D eigenvalue weighted by molar-refractivity contribution is 5.96. The number of anilines is 1. The maximum atomic E-state index is 13.1. The minimum atomic E-state index is -0.661. The van der Waals surface area contributed by atoms with Crippen LogP contribution >= 0.6 is 0 Å². The summed E-state index contributed by atoms with van der Waals surface area (Å²) in [5, 5.41) is 5.83. The van der Waals surface area contributed by atoms with Crippen LogP contribution in [0, 0.1) is 0 Å². The van der Waals surface area contributed by atoms with Crippen molar-refractivity contribution in [3.05, 3.63) is 60.2 Å². The van der Waals surface area contributed by atoms with Gasteiger partial charge < -0.3 is 15.2 Å². The molecule has 2 aromatic carbocycles. The third-order valence-electron chi connectivity index (χ3n) is 5.00. The van der Waals surface area contributed by atoms with E-state index in [1.54, 1.807) is 4.90 Å². The van der Waals surface area contributed by atoms with Gasteiger partial charge in [0.1, 0.15) is 6.04 Å². The van der Waals surface area contributed by atoms with Crippen LogP contribution in [0.2, 0.25) is 0 Å². The zero-order chi connectivity index (χ0) is 20.4. The second-order valence-corrected chi connectivity index (χ2v) is 7.56. The molecule has 2 N–H and O–H groups in total. The van der Waals surface area contributed by atoms with E-state index in [9.17, 15) is 9.59 Å². The number of aromatic nitrogens is 2. The van der Waals surface area contributed by atoms with Crippen molar-refractivity contribution in [1.82, 2.24) is 20.2 Å². The first-order chi connectivity index (χ1) is 14.0. The Morgan fingerprint density at radius 2 is 1.72 bits per heavy atom. The van der Waals surface area contributed by atoms with Crippen molar-refractivity contribution >= 4 is 28.9 Å². The van der Waals surface area contributed by atoms with Gasteiger partial charge in [0, 0.05) is 25.6 Å². The molecule has 1 atom stereocenters. The number of hydrogen-bond donors (Lipinski definition) is 2. The van der Waals surface area contributed by atoms with E-state index in [1.807, 2.05) is 73.0 Å². The Balaban J connectivity index is 1.54. The maximum Gasteiger partial charge on any atom is 0.324 e. The van der Waals surface area contributed by atoms with Gasteiger partial charge in [0.05, 0.1) is 11.0 Å². The van der Waals surface area contributed by atoms with E-state index < -0.39 is 6.04 Å². The van der Waals surface area contributed by atoms with E-state index >= 15 is 0 Å². The lowest BCUT2D eigenvalue weighted by Crippen LogP contribution is -2.53. The van der Waals surface area contributed by atoms with Gasteiger partial charge in [-0.3, -0.25) is 9.69 Å². The topological polar surface area (TPSA) is 79.3 Å². The fourth-order valence-corrected chi connectivity index (χ4v) is 3.65. The molecule has 7 heteroatoms. The number of nitrogens with one attached hydrogen (secondary N) is 2. The fraction of sp³-hybridized carbons (Fsp3) is 0.318. The zero-order valence-electron chi connectivity index (χ0n) is 16.6. The predicted molar refractivity (Wildman–Crippen MR) is 113 cm³/mol. The molecule has 1 aromatic heterocycles. The van der Waals surface area contributed by atoms with Crippen LogP contribution in [0.15, 0.2) is 54.6 Å². The van der Waals surface area contributed by atoms with Crippen LogP contribution in [0.25, 0.3) is 11.0 Å². The van der Waals surface area contributed by atoms with Crippen molar-refractivity contribution in [3.8, 4) is 0 Å². The molecule has 0 spiro atoms. The molecule has 1 aliphatic heterocycles. The number of rotatable bonds is 5. The van der Waals surface area contributed by atoms with Crippen LogP contribution in [-0.2, 0) is 17.8 Å². The minimum Gasteiger partial charge on any atom is -0.352 e. The van der Waals surface area contributed by atoms with E-state index in [4.69, 9.17) is 0 Å². The molecular weight excluding hydrogens is 366 g/mol. The molecule has 29 heavy (non-hydrogen) atoms. The number of carbonyl (C=O) groups is 2. The molecule has 3 amide bonds. The quantitative estimate of drug-likeness (QED) is 0.702. The largest absolute Gasteiger partial charge is 0.352 e. The zero-order valence-corrected chi connectivity index (χ0v) is 16.6. The second-order valence-electron chi connectivity index (χ2n) is 7.56. The summed E-state index contributed by atoms with van der Waals surface area (Å²) in [4.78, 5) is 32.0. The highest BCUT2D eigenvalue weighted by atomic mass is 16.2. The number of nitrogens with zero attached hydrogens (tertiary/aromatic N) is 3. The van der Waals surface area contributed by atoms with Gasteiger partial charge in [0.25, 0.3) is 0 Å². The van der Waals surface area contributed by atoms with Gasteiger partial charge in [-0.15, -0.1) is 0 Å². The lowest BCUT2D eigenvalue weighted by atomic mass is 10.1. The number of carbonyl (C=O) groups excluding carboxylic acids is 2. The maximum absolute atomic E-state index is 13.1. The Morgan fingerprint density at radius 3 is 2.48 bits per heavy atom. The summed E-state index contributed by atoms with van der Waals surface area (Å²) in [7, 11) is 0. The molecule has 0 saturated carbocycles. The van der Waals surface area contributed by atoms with Crippen LogP contribution in [0.1, 0.15) is 19.4 Å². The van der Waals surface area contributed by atoms with Crippen molar-refractivity contribution < 1.29 is 9.59 Å². The Labute approximate surface area is 169 Å². The Hall–Kier alpha value is -3.35. The summed E-state index contributed by atoms with van der Waals surface area (Å²) in [6.45, 7) is 5.03. The molecule has 150 valence electrons. The first kappa shape index (κ1) is 19.0. The van der Waals surface area contributed by atoms with E-state index in [0.29, 0.717) is 25.5 Å². The van der Waals surface area contributed by atoms with Crippen molar-refractivity contribution in [1.29, 1.82) is 0 Å². The summed E-state index contributed by atoms with van der Waals surface area (Å²) in [5.41, 5.74) is 2.86. The van der Waals surface area contributed by atoms with Crippen LogP contribution in [0.5, 0.6) is 0 Å². The van der Waals surface area contributed by atoms with Crippen LogP contribution < -0.4 is 15.5 Å². The van der Waals surface area contributed by atoms with Crippen LogP contribution in [-0.4, -0.2) is 40.1 Å². The summed E-state index contributed by atoms with van der Waals surface area (Å²) in [5.74, 6) is 0.427. The molecule has 0 radical (unpaired) electrons. The average Bonchev–Trinajstić information content (AvgIpc) is 3.27. The number of urea groups is 1. The van der Waals surface area contributed by atoms with Gasteiger partial charge in [-0.2, -0.15) is 0 Å². The van der Waals surface area contributed by atoms with Crippen LogP contribution in [0.3, 0.4) is 0 Å². The van der Waals surface area contributed by atoms with Gasteiger partial charge in [0.15, 0.2) is 0 Å². The Bertz CT molecular complexity index is 1030. The smallest absolute Gasteiger partial charge is 0.324 e. The van der Waals surface area contributed by atoms with Crippen molar-refractivity contribution in [2.24, 2.45) is 0 Å². The molecule has 0 bridgehead atoms. The van der Waals surface area contributed by atoms with Crippen molar-refractivity contribution in [3.63, 3.8) is 0 Å². The normalized spacial score (nSPS) is 14.1. The number of fused-ring (bicyclic) bond motifs is 3. The molecule has 0 saturated heterocycles. The van der Waals surface area contributed by atoms with Gasteiger partial charge in [-0.1, -0.05) is 42.5 Å². The average molecular weight is 391 g/mol. The number of imidazole rings is 1. The first-order valence-electron chi connectivity index (χ1n) is 9.90. The molecule has 2 heterocycles. The molecule has 0 aliphatic carbocycles. The molecule has 7 nitrogen and oxygen atoms in total. The monoisotopic (exact) mass is 391 g/mol. The summed E-state index contributed by atoms with van der Waals surface area (Å²) in [6, 6.07) is 16.6. The summed E-state index contributed by atoms with van der Waals surface area (Å²) < 4.78 is 2.04. The molecule has 3 aromatic rings. The highest BCUT2D eigenvalue weighted by Gasteiger charge is 2.31. The van der Waals surface area contributed by atoms with E-state index in [0.717, 1.165) is 16.6 Å². The molecular formula is C22H25N5O2. The number of benzene rings is 2. The minimum absolute atomic E-state index is 0.00587. The van der Waals surface area contributed by atoms with E-state index in [-0.39, 0.29) is 18.0 Å². The van der Waals surface area contributed by atoms with Crippen LogP contribution in [0.4, 0.5) is 10.7 Å². The fourth-order valence-electron chi connectivity index (χ4n) is 3.65. The first-order valence-corrected chi connectivity index (χ1v) is 9.90. The van der Waals surface area contributed by atoms with Crippen molar-refractivity contribution in [2.75, 3.05) is 11.4 Å². The molecule has 0 unspecified atom stereocenters. The molecule has 4 rings (SSSR count). The third-order valence-corrected chi connectivity index (χ3v) is 5.00. The number of hydrogen-bond acceptors (Lipinski definition) is 3. The number of para-hydroxylation sites is 2. The van der Waals surface area contributed by atoms with Gasteiger partial charge >= 0.3 is 6.03 Å². The molecule has 0 fully saturated rings. The molecule has 1 aliphatic rings.